The number of anilines is 1. The smallest absolute Gasteiger partial charge is 0.195 e. The number of ether oxygens (including phenoxy) is 1. The summed E-state index contributed by atoms with van der Waals surface area (Å²) in [4.78, 5) is 9.99. The van der Waals surface area contributed by atoms with Crippen molar-refractivity contribution in [3.63, 3.8) is 0 Å². The van der Waals surface area contributed by atoms with Crippen LogP contribution in [-0.2, 0) is 12.0 Å². The average molecular weight is 342 g/mol. The summed E-state index contributed by atoms with van der Waals surface area (Å²) in [5, 5.41) is 10.9. The Bertz CT molecular complexity index is 752. The minimum Gasteiger partial charge on any atom is -0.505 e. The van der Waals surface area contributed by atoms with Gasteiger partial charge in [-0.1, -0.05) is 26.8 Å². The summed E-state index contributed by atoms with van der Waals surface area (Å²) in [5.41, 5.74) is 8.15. The maximum absolute atomic E-state index is 10.9. The van der Waals surface area contributed by atoms with Gasteiger partial charge >= 0.3 is 0 Å². The topological polar surface area (TPSA) is 84.0 Å². The number of aromatic hydroxyl groups is 1. The number of hydrogen-bond acceptors (Lipinski definition) is 4. The monoisotopic (exact) mass is 342 g/mol. The second-order valence-electron chi connectivity index (χ2n) is 6.82. The molecular weight excluding hydrogens is 316 g/mol. The zero-order valence-corrected chi connectivity index (χ0v) is 15.4. The van der Waals surface area contributed by atoms with Gasteiger partial charge in [0.1, 0.15) is 11.5 Å². The Morgan fingerprint density at radius 1 is 1.36 bits per heavy atom. The molecule has 3 N–H and O–H groups in total. The van der Waals surface area contributed by atoms with Crippen molar-refractivity contribution in [3.05, 3.63) is 47.8 Å². The number of aromatic nitrogens is 1. The zero-order valence-electron chi connectivity index (χ0n) is 15.4. The molecule has 2 rings (SSSR count). The third-order valence-electron chi connectivity index (χ3n) is 3.97. The molecule has 6 heteroatoms. The summed E-state index contributed by atoms with van der Waals surface area (Å²) in [6.45, 7) is 6.54. The number of hydrogen-bond donors (Lipinski definition) is 2. The number of phenols is 1. The molecule has 1 aromatic heterocycles. The highest BCUT2D eigenvalue weighted by molar-refractivity contribution is 5.96. The van der Waals surface area contributed by atoms with Crippen molar-refractivity contribution in [1.29, 1.82) is 0 Å². The second kappa shape index (κ2) is 7.42. The van der Waals surface area contributed by atoms with Crippen molar-refractivity contribution >= 4 is 11.6 Å². The zero-order chi connectivity index (χ0) is 18.6. The number of methoxy groups -OCH3 is 1. The van der Waals surface area contributed by atoms with Crippen molar-refractivity contribution < 1.29 is 9.84 Å². The van der Waals surface area contributed by atoms with E-state index in [0.29, 0.717) is 23.9 Å². The van der Waals surface area contributed by atoms with Crippen molar-refractivity contribution in [2.45, 2.75) is 32.7 Å². The van der Waals surface area contributed by atoms with Crippen LogP contribution in [0.2, 0.25) is 0 Å². The molecule has 0 saturated heterocycles. The van der Waals surface area contributed by atoms with Crippen LogP contribution < -0.4 is 15.4 Å². The Labute approximate surface area is 149 Å². The van der Waals surface area contributed by atoms with Crippen LogP contribution in [0.1, 0.15) is 31.9 Å². The second-order valence-corrected chi connectivity index (χ2v) is 6.82. The minimum atomic E-state index is -0.258. The van der Waals surface area contributed by atoms with Crippen LogP contribution in [0.4, 0.5) is 5.69 Å². The van der Waals surface area contributed by atoms with Gasteiger partial charge in [0.15, 0.2) is 5.96 Å². The normalized spacial score (nSPS) is 12.1. The van der Waals surface area contributed by atoms with Gasteiger partial charge in [-0.15, -0.1) is 0 Å². The fourth-order valence-corrected chi connectivity index (χ4v) is 2.57. The number of nitrogens with zero attached hydrogens (tertiary/aromatic N) is 3. The summed E-state index contributed by atoms with van der Waals surface area (Å²) >= 11 is 0. The van der Waals surface area contributed by atoms with E-state index in [4.69, 9.17) is 10.5 Å². The van der Waals surface area contributed by atoms with E-state index in [9.17, 15) is 5.11 Å². The molecule has 0 aliphatic heterocycles. The first kappa shape index (κ1) is 18.6. The lowest BCUT2D eigenvalue weighted by atomic mass is 9.85. The molecule has 0 atom stereocenters. The number of rotatable bonds is 4. The van der Waals surface area contributed by atoms with Gasteiger partial charge in [-0.3, -0.25) is 9.98 Å². The number of benzene rings is 1. The molecule has 0 spiro atoms. The highest BCUT2D eigenvalue weighted by Crippen LogP contribution is 2.41. The summed E-state index contributed by atoms with van der Waals surface area (Å²) in [6.07, 6.45) is 3.48. The molecule has 0 unspecified atom stereocenters. The Morgan fingerprint density at radius 3 is 2.60 bits per heavy atom. The van der Waals surface area contributed by atoms with E-state index in [1.165, 1.54) is 0 Å². The van der Waals surface area contributed by atoms with Crippen molar-refractivity contribution in [1.82, 2.24) is 4.98 Å². The molecule has 1 heterocycles. The maximum Gasteiger partial charge on any atom is 0.195 e. The fourth-order valence-electron chi connectivity index (χ4n) is 2.57. The lowest BCUT2D eigenvalue weighted by molar-refractivity contribution is 0.406. The van der Waals surface area contributed by atoms with Crippen molar-refractivity contribution in [2.75, 3.05) is 19.1 Å². The Balaban J connectivity index is 2.60. The highest BCUT2D eigenvalue weighted by Gasteiger charge is 2.25. The quantitative estimate of drug-likeness (QED) is 0.659. The lowest BCUT2D eigenvalue weighted by Crippen LogP contribution is -2.37. The van der Waals surface area contributed by atoms with Crippen LogP contribution in [0.25, 0.3) is 0 Å². The first-order chi connectivity index (χ1) is 11.8. The standard InChI is InChI=1S/C19H26N4O2/c1-19(2,3)15-9-14(25-5)10-16(17(15)24)23(18(20)21-4)12-13-7-6-8-22-11-13/h6-11,24H,12H2,1-5H3,(H2,20,21). The summed E-state index contributed by atoms with van der Waals surface area (Å²) < 4.78 is 5.43. The number of aliphatic imine (C=N–C) groups is 1. The van der Waals surface area contributed by atoms with Gasteiger partial charge in [-0.25, -0.2) is 0 Å². The molecular formula is C19H26N4O2. The van der Waals surface area contributed by atoms with Crippen molar-refractivity contribution in [2.24, 2.45) is 10.7 Å². The molecule has 0 amide bonds. The molecule has 2 aromatic rings. The number of guanidine groups is 1. The molecule has 0 fully saturated rings. The molecule has 0 bridgehead atoms. The molecule has 25 heavy (non-hydrogen) atoms. The SMILES string of the molecule is CN=C(N)N(Cc1cccnc1)c1cc(OC)cc(C(C)(C)C)c1O. The first-order valence-corrected chi connectivity index (χ1v) is 8.08. The van der Waals surface area contributed by atoms with Gasteiger partial charge < -0.3 is 20.5 Å². The van der Waals surface area contributed by atoms with Crippen LogP contribution in [-0.4, -0.2) is 30.2 Å². The van der Waals surface area contributed by atoms with Gasteiger partial charge in [0.05, 0.1) is 19.3 Å². The Hall–Kier alpha value is -2.76. The van der Waals surface area contributed by atoms with E-state index in [1.54, 1.807) is 37.5 Å². The highest BCUT2D eigenvalue weighted by atomic mass is 16.5. The number of nitrogens with two attached hydrogens (primary N) is 1. The first-order valence-electron chi connectivity index (χ1n) is 8.08. The number of pyridine rings is 1. The van der Waals surface area contributed by atoms with E-state index in [-0.39, 0.29) is 11.2 Å². The molecule has 0 aliphatic carbocycles. The molecule has 0 radical (unpaired) electrons. The van der Waals surface area contributed by atoms with Crippen LogP contribution >= 0.6 is 0 Å². The largest absolute Gasteiger partial charge is 0.505 e. The summed E-state index contributed by atoms with van der Waals surface area (Å²) in [6, 6.07) is 7.42. The average Bonchev–Trinajstić information content (AvgIpc) is 2.59. The third-order valence-corrected chi connectivity index (χ3v) is 3.97. The van der Waals surface area contributed by atoms with Crippen LogP contribution in [0.3, 0.4) is 0 Å². The number of phenolic OH excluding ortho intramolecular Hbond substituents is 1. The van der Waals surface area contributed by atoms with Gasteiger partial charge in [0, 0.05) is 31.1 Å². The Morgan fingerprint density at radius 2 is 2.08 bits per heavy atom. The van der Waals surface area contributed by atoms with E-state index in [0.717, 1.165) is 11.1 Å². The van der Waals surface area contributed by atoms with Gasteiger partial charge in [0.25, 0.3) is 0 Å². The lowest BCUT2D eigenvalue weighted by Gasteiger charge is -2.29. The van der Waals surface area contributed by atoms with Gasteiger partial charge in [0.2, 0.25) is 0 Å². The minimum absolute atomic E-state index is 0.170. The van der Waals surface area contributed by atoms with Gasteiger partial charge in [-0.05, 0) is 23.1 Å². The molecule has 134 valence electrons. The van der Waals surface area contributed by atoms with Crippen LogP contribution in [0, 0.1) is 0 Å². The predicted octanol–water partition coefficient (Wildman–Crippen LogP) is 3.04. The molecule has 0 aliphatic rings. The van der Waals surface area contributed by atoms with E-state index >= 15 is 0 Å². The Kier molecular flexibility index (Phi) is 5.51. The third kappa shape index (κ3) is 4.21. The summed E-state index contributed by atoms with van der Waals surface area (Å²) in [5.74, 6) is 1.12. The van der Waals surface area contributed by atoms with E-state index < -0.39 is 0 Å². The van der Waals surface area contributed by atoms with Gasteiger partial charge in [-0.2, -0.15) is 0 Å². The molecule has 6 nitrogen and oxygen atoms in total. The maximum atomic E-state index is 10.9. The van der Waals surface area contributed by atoms with Crippen LogP contribution in [0.5, 0.6) is 11.5 Å². The summed E-state index contributed by atoms with van der Waals surface area (Å²) in [7, 11) is 3.22. The van der Waals surface area contributed by atoms with E-state index in [2.05, 4.69) is 9.98 Å². The fraction of sp³-hybridized carbons (Fsp3) is 0.368. The predicted molar refractivity (Wildman–Crippen MR) is 101 cm³/mol. The molecule has 1 aromatic carbocycles. The molecule has 0 saturated carbocycles. The van der Waals surface area contributed by atoms with E-state index in [1.807, 2.05) is 39.0 Å². The van der Waals surface area contributed by atoms with Crippen LogP contribution in [0.15, 0.2) is 41.7 Å². The van der Waals surface area contributed by atoms with Crippen molar-refractivity contribution in [3.8, 4) is 11.5 Å².